The van der Waals surface area contributed by atoms with Crippen LogP contribution in [0, 0.1) is 0 Å². The van der Waals surface area contributed by atoms with Crippen LogP contribution < -0.4 is 5.32 Å². The summed E-state index contributed by atoms with van der Waals surface area (Å²) in [5.74, 6) is 0. The summed E-state index contributed by atoms with van der Waals surface area (Å²) in [7, 11) is 0. The van der Waals surface area contributed by atoms with Gasteiger partial charge in [0.05, 0.1) is 25.4 Å². The molecule has 0 aromatic carbocycles. The number of hydrogen-bond acceptors (Lipinski definition) is 4. The molecule has 14 heavy (non-hydrogen) atoms. The van der Waals surface area contributed by atoms with Crippen molar-refractivity contribution in [2.24, 2.45) is 0 Å². The van der Waals surface area contributed by atoms with Gasteiger partial charge in [0.2, 0.25) is 0 Å². The zero-order chi connectivity index (χ0) is 9.80. The third kappa shape index (κ3) is 2.92. The van der Waals surface area contributed by atoms with Crippen molar-refractivity contribution < 1.29 is 9.47 Å². The molecule has 0 bridgehead atoms. The lowest BCUT2D eigenvalue weighted by molar-refractivity contribution is -0.0496. The second kappa shape index (κ2) is 5.07. The molecule has 0 saturated carbocycles. The lowest BCUT2D eigenvalue weighted by Gasteiger charge is -2.34. The Kier molecular flexibility index (Phi) is 3.75. The van der Waals surface area contributed by atoms with Crippen molar-refractivity contribution in [2.75, 3.05) is 45.9 Å². The average Bonchev–Trinajstić information content (AvgIpc) is 2.19. The van der Waals surface area contributed by atoms with Crippen molar-refractivity contribution >= 4 is 0 Å². The number of morpholine rings is 2. The summed E-state index contributed by atoms with van der Waals surface area (Å²) in [6.07, 6.45) is 0.745. The molecule has 2 aliphatic heterocycles. The van der Waals surface area contributed by atoms with Gasteiger partial charge in [-0.25, -0.2) is 0 Å². The predicted octanol–water partition coefficient (Wildman–Crippen LogP) is -0.304. The van der Waals surface area contributed by atoms with Crippen molar-refractivity contribution in [3.8, 4) is 0 Å². The third-order valence-corrected chi connectivity index (χ3v) is 2.79. The first kappa shape index (κ1) is 10.4. The first-order valence-corrected chi connectivity index (χ1v) is 5.51. The summed E-state index contributed by atoms with van der Waals surface area (Å²) in [6, 6.07) is 0. The van der Waals surface area contributed by atoms with E-state index < -0.39 is 0 Å². The molecule has 2 fully saturated rings. The Labute approximate surface area is 85.5 Å². The van der Waals surface area contributed by atoms with Crippen LogP contribution in [0.25, 0.3) is 0 Å². The smallest absolute Gasteiger partial charge is 0.0826 e. The van der Waals surface area contributed by atoms with E-state index in [9.17, 15) is 0 Å². The van der Waals surface area contributed by atoms with E-state index >= 15 is 0 Å². The van der Waals surface area contributed by atoms with Gasteiger partial charge in [-0.1, -0.05) is 0 Å². The Bertz CT molecular complexity index is 172. The van der Waals surface area contributed by atoms with Gasteiger partial charge < -0.3 is 14.8 Å². The molecule has 82 valence electrons. The maximum Gasteiger partial charge on any atom is 0.0826 e. The van der Waals surface area contributed by atoms with Crippen LogP contribution in [-0.4, -0.2) is 63.0 Å². The summed E-state index contributed by atoms with van der Waals surface area (Å²) in [4.78, 5) is 2.44. The van der Waals surface area contributed by atoms with Gasteiger partial charge in [0.15, 0.2) is 0 Å². The Morgan fingerprint density at radius 1 is 1.36 bits per heavy atom. The van der Waals surface area contributed by atoms with Crippen molar-refractivity contribution in [1.29, 1.82) is 0 Å². The SMILES string of the molecule is CC1CN(CC2CNCCO2)CCO1. The quantitative estimate of drug-likeness (QED) is 0.663. The lowest BCUT2D eigenvalue weighted by atomic mass is 10.2. The molecule has 0 aromatic rings. The highest BCUT2D eigenvalue weighted by Crippen LogP contribution is 2.07. The van der Waals surface area contributed by atoms with Crippen LogP contribution in [0.2, 0.25) is 0 Å². The molecule has 2 heterocycles. The van der Waals surface area contributed by atoms with Crippen LogP contribution in [-0.2, 0) is 9.47 Å². The second-order valence-corrected chi connectivity index (χ2v) is 4.14. The van der Waals surface area contributed by atoms with Crippen molar-refractivity contribution in [2.45, 2.75) is 19.1 Å². The first-order chi connectivity index (χ1) is 6.84. The number of hydrogen-bond donors (Lipinski definition) is 1. The van der Waals surface area contributed by atoms with Gasteiger partial charge in [-0.05, 0) is 6.92 Å². The molecule has 2 aliphatic rings. The molecule has 0 spiro atoms. The summed E-state index contributed by atoms with van der Waals surface area (Å²) in [5.41, 5.74) is 0. The minimum Gasteiger partial charge on any atom is -0.376 e. The number of rotatable bonds is 2. The zero-order valence-electron chi connectivity index (χ0n) is 8.87. The summed E-state index contributed by atoms with van der Waals surface area (Å²) < 4.78 is 11.2. The van der Waals surface area contributed by atoms with Gasteiger partial charge in [-0.15, -0.1) is 0 Å². The van der Waals surface area contributed by atoms with Gasteiger partial charge >= 0.3 is 0 Å². The fraction of sp³-hybridized carbons (Fsp3) is 1.00. The Morgan fingerprint density at radius 2 is 2.29 bits per heavy atom. The van der Waals surface area contributed by atoms with E-state index in [4.69, 9.17) is 9.47 Å². The van der Waals surface area contributed by atoms with E-state index in [-0.39, 0.29) is 0 Å². The average molecular weight is 200 g/mol. The highest BCUT2D eigenvalue weighted by atomic mass is 16.5. The van der Waals surface area contributed by atoms with E-state index in [1.807, 2.05) is 0 Å². The van der Waals surface area contributed by atoms with E-state index in [1.54, 1.807) is 0 Å². The summed E-state index contributed by atoms with van der Waals surface area (Å²) in [5, 5.41) is 3.35. The van der Waals surface area contributed by atoms with Gasteiger partial charge in [0, 0.05) is 32.7 Å². The van der Waals surface area contributed by atoms with Crippen LogP contribution >= 0.6 is 0 Å². The fourth-order valence-electron chi connectivity index (χ4n) is 2.08. The summed E-state index contributed by atoms with van der Waals surface area (Å²) in [6.45, 7) is 8.96. The van der Waals surface area contributed by atoms with E-state index in [0.717, 1.165) is 45.9 Å². The van der Waals surface area contributed by atoms with Gasteiger partial charge in [0.1, 0.15) is 0 Å². The number of nitrogens with zero attached hydrogens (tertiary/aromatic N) is 1. The predicted molar refractivity (Wildman–Crippen MR) is 54.5 cm³/mol. The van der Waals surface area contributed by atoms with Crippen LogP contribution in [0.4, 0.5) is 0 Å². The monoisotopic (exact) mass is 200 g/mol. The van der Waals surface area contributed by atoms with Crippen LogP contribution in [0.1, 0.15) is 6.92 Å². The molecule has 4 heteroatoms. The molecule has 0 radical (unpaired) electrons. The molecular formula is C10H20N2O2. The minimum absolute atomic E-state index is 0.369. The van der Waals surface area contributed by atoms with Crippen molar-refractivity contribution in [3.05, 3.63) is 0 Å². The van der Waals surface area contributed by atoms with E-state index in [1.165, 1.54) is 0 Å². The topological polar surface area (TPSA) is 33.7 Å². The number of nitrogens with one attached hydrogen (secondary N) is 1. The second-order valence-electron chi connectivity index (χ2n) is 4.14. The summed E-state index contributed by atoms with van der Waals surface area (Å²) >= 11 is 0. The first-order valence-electron chi connectivity index (χ1n) is 5.51. The van der Waals surface area contributed by atoms with Gasteiger partial charge in [0.25, 0.3) is 0 Å². The lowest BCUT2D eigenvalue weighted by Crippen LogP contribution is -2.49. The molecular weight excluding hydrogens is 180 g/mol. The Morgan fingerprint density at radius 3 is 3.00 bits per heavy atom. The highest BCUT2D eigenvalue weighted by molar-refractivity contribution is 4.75. The molecule has 1 N–H and O–H groups in total. The fourth-order valence-corrected chi connectivity index (χ4v) is 2.08. The third-order valence-electron chi connectivity index (χ3n) is 2.79. The van der Waals surface area contributed by atoms with Crippen molar-refractivity contribution in [3.63, 3.8) is 0 Å². The number of ether oxygens (including phenoxy) is 2. The Hall–Kier alpha value is -0.160. The van der Waals surface area contributed by atoms with Gasteiger partial charge in [-0.3, -0.25) is 4.90 Å². The molecule has 0 aromatic heterocycles. The van der Waals surface area contributed by atoms with Crippen LogP contribution in [0.3, 0.4) is 0 Å². The largest absolute Gasteiger partial charge is 0.376 e. The minimum atomic E-state index is 0.369. The maximum atomic E-state index is 5.67. The molecule has 4 nitrogen and oxygen atoms in total. The molecule has 2 rings (SSSR count). The van der Waals surface area contributed by atoms with Gasteiger partial charge in [-0.2, -0.15) is 0 Å². The molecule has 2 unspecified atom stereocenters. The van der Waals surface area contributed by atoms with Crippen molar-refractivity contribution in [1.82, 2.24) is 10.2 Å². The molecule has 0 amide bonds. The molecule has 2 saturated heterocycles. The Balaban J connectivity index is 1.72. The molecule has 0 aliphatic carbocycles. The van der Waals surface area contributed by atoms with Crippen LogP contribution in [0.15, 0.2) is 0 Å². The van der Waals surface area contributed by atoms with Crippen LogP contribution in [0.5, 0.6) is 0 Å². The normalized spacial score (nSPS) is 35.8. The van der Waals surface area contributed by atoms with E-state index in [2.05, 4.69) is 17.1 Å². The molecule has 2 atom stereocenters. The maximum absolute atomic E-state index is 5.67. The zero-order valence-corrected chi connectivity index (χ0v) is 8.87. The van der Waals surface area contributed by atoms with E-state index in [0.29, 0.717) is 12.2 Å². The standard InChI is InChI=1S/C10H20N2O2/c1-9-7-12(3-5-13-9)8-10-6-11-2-4-14-10/h9-11H,2-8H2,1H3. The highest BCUT2D eigenvalue weighted by Gasteiger charge is 2.21.